The van der Waals surface area contributed by atoms with Gasteiger partial charge in [-0.3, -0.25) is 4.79 Å². The van der Waals surface area contributed by atoms with Crippen molar-refractivity contribution in [1.29, 1.82) is 0 Å². The van der Waals surface area contributed by atoms with Crippen molar-refractivity contribution in [3.63, 3.8) is 0 Å². The van der Waals surface area contributed by atoms with Crippen LogP contribution in [-0.4, -0.2) is 62.4 Å². The third-order valence-electron chi connectivity index (χ3n) is 3.66. The molecule has 1 rings (SSSR count). The number of methoxy groups -OCH3 is 1. The zero-order valence-corrected chi connectivity index (χ0v) is 13.0. The van der Waals surface area contributed by atoms with Crippen LogP contribution in [0.5, 0.6) is 0 Å². The van der Waals surface area contributed by atoms with Gasteiger partial charge in [-0.25, -0.2) is 0 Å². The molecule has 1 heterocycles. The second-order valence-electron chi connectivity index (χ2n) is 5.33. The Bertz CT molecular complexity index is 263. The number of nitrogens with one attached hydrogen (secondary N) is 1. The second kappa shape index (κ2) is 8.74. The van der Waals surface area contributed by atoms with Gasteiger partial charge in [0.05, 0.1) is 18.1 Å². The van der Waals surface area contributed by atoms with Crippen molar-refractivity contribution in [2.24, 2.45) is 5.41 Å². The van der Waals surface area contributed by atoms with Gasteiger partial charge in [-0.2, -0.15) is 0 Å². The minimum atomic E-state index is -0.382. The summed E-state index contributed by atoms with van der Waals surface area (Å²) in [6, 6.07) is 0. The number of ether oxygens (including phenoxy) is 1. The predicted octanol–water partition coefficient (Wildman–Crippen LogP) is 0.654. The zero-order chi connectivity index (χ0) is 13.6. The summed E-state index contributed by atoms with van der Waals surface area (Å²) in [6.07, 6.45) is 1.88. The minimum absolute atomic E-state index is 0. The molecule has 2 N–H and O–H groups in total. The van der Waals surface area contributed by atoms with Crippen LogP contribution in [0.2, 0.25) is 0 Å². The highest BCUT2D eigenvalue weighted by atomic mass is 35.5. The quantitative estimate of drug-likeness (QED) is 0.755. The van der Waals surface area contributed by atoms with Gasteiger partial charge < -0.3 is 20.1 Å². The number of rotatable bonds is 6. The fraction of sp³-hybridized carbons (Fsp3) is 0.923. The first-order valence-electron chi connectivity index (χ1n) is 6.65. The molecule has 1 atom stereocenters. The third-order valence-corrected chi connectivity index (χ3v) is 3.66. The lowest BCUT2D eigenvalue weighted by Gasteiger charge is -2.38. The van der Waals surface area contributed by atoms with Crippen molar-refractivity contribution < 1.29 is 14.6 Å². The highest BCUT2D eigenvalue weighted by Crippen LogP contribution is 2.31. The summed E-state index contributed by atoms with van der Waals surface area (Å²) in [7, 11) is 3.46. The van der Waals surface area contributed by atoms with Crippen LogP contribution >= 0.6 is 12.4 Å². The Kier molecular flexibility index (Phi) is 8.57. The van der Waals surface area contributed by atoms with Gasteiger partial charge in [0.15, 0.2) is 0 Å². The molecule has 0 aromatic rings. The van der Waals surface area contributed by atoms with Crippen LogP contribution in [0.3, 0.4) is 0 Å². The van der Waals surface area contributed by atoms with Crippen molar-refractivity contribution in [2.45, 2.75) is 32.3 Å². The van der Waals surface area contributed by atoms with Gasteiger partial charge >= 0.3 is 0 Å². The number of hydrogen-bond donors (Lipinski definition) is 2. The van der Waals surface area contributed by atoms with Gasteiger partial charge in [-0.1, -0.05) is 0 Å². The standard InChI is InChI=1S/C13H26N2O3.ClH/c1-11(16)4-9-15(2)12(17)13(10-18-3)5-7-14-8-6-13;/h11,14,16H,4-10H2,1-3H3;1H. The first-order chi connectivity index (χ1) is 8.52. The number of amides is 1. The topological polar surface area (TPSA) is 61.8 Å². The molecule has 1 aliphatic heterocycles. The Morgan fingerprint density at radius 2 is 2.05 bits per heavy atom. The Hall–Kier alpha value is -0.360. The molecule has 1 saturated heterocycles. The van der Waals surface area contributed by atoms with E-state index in [0.717, 1.165) is 25.9 Å². The fourth-order valence-electron chi connectivity index (χ4n) is 2.49. The maximum atomic E-state index is 12.6. The van der Waals surface area contributed by atoms with Gasteiger partial charge in [-0.05, 0) is 39.3 Å². The number of aliphatic hydroxyl groups is 1. The monoisotopic (exact) mass is 294 g/mol. The Morgan fingerprint density at radius 1 is 1.47 bits per heavy atom. The number of carbonyl (C=O) groups is 1. The first kappa shape index (κ1) is 18.6. The third kappa shape index (κ3) is 5.26. The molecule has 114 valence electrons. The molecule has 0 aliphatic carbocycles. The maximum Gasteiger partial charge on any atom is 0.230 e. The molecule has 5 nitrogen and oxygen atoms in total. The van der Waals surface area contributed by atoms with E-state index in [0.29, 0.717) is 19.6 Å². The lowest BCUT2D eigenvalue weighted by molar-refractivity contribution is -0.146. The molecule has 0 aromatic carbocycles. The van der Waals surface area contributed by atoms with Gasteiger partial charge in [-0.15, -0.1) is 12.4 Å². The molecule has 1 fully saturated rings. The van der Waals surface area contributed by atoms with E-state index in [1.807, 2.05) is 7.05 Å². The van der Waals surface area contributed by atoms with Crippen molar-refractivity contribution in [3.05, 3.63) is 0 Å². The molecule has 0 spiro atoms. The number of hydrogen-bond acceptors (Lipinski definition) is 4. The molecule has 19 heavy (non-hydrogen) atoms. The van der Waals surface area contributed by atoms with Crippen LogP contribution < -0.4 is 5.32 Å². The minimum Gasteiger partial charge on any atom is -0.393 e. The lowest BCUT2D eigenvalue weighted by Crippen LogP contribution is -2.51. The summed E-state index contributed by atoms with van der Waals surface area (Å²) in [5.41, 5.74) is -0.382. The van der Waals surface area contributed by atoms with Crippen molar-refractivity contribution in [2.75, 3.05) is 40.4 Å². The maximum absolute atomic E-state index is 12.6. The van der Waals surface area contributed by atoms with Gasteiger partial charge in [0.2, 0.25) is 5.91 Å². The van der Waals surface area contributed by atoms with Gasteiger partial charge in [0.1, 0.15) is 0 Å². The van der Waals surface area contributed by atoms with Crippen LogP contribution in [0.1, 0.15) is 26.2 Å². The van der Waals surface area contributed by atoms with E-state index >= 15 is 0 Å². The SMILES string of the molecule is COCC1(C(=O)N(C)CCC(C)O)CCNCC1.Cl. The van der Waals surface area contributed by atoms with E-state index in [2.05, 4.69) is 5.32 Å². The molecular weight excluding hydrogens is 268 g/mol. The van der Waals surface area contributed by atoms with E-state index in [-0.39, 0.29) is 29.8 Å². The molecule has 0 aromatic heterocycles. The molecule has 1 amide bonds. The number of halogens is 1. The van der Waals surface area contributed by atoms with Crippen LogP contribution in [0.25, 0.3) is 0 Å². The molecule has 1 unspecified atom stereocenters. The normalized spacial score (nSPS) is 19.4. The Labute approximate surface area is 122 Å². The van der Waals surface area contributed by atoms with Crippen LogP contribution in [-0.2, 0) is 9.53 Å². The first-order valence-corrected chi connectivity index (χ1v) is 6.65. The van der Waals surface area contributed by atoms with Gasteiger partial charge in [0, 0.05) is 20.7 Å². The number of nitrogens with zero attached hydrogens (tertiary/aromatic N) is 1. The molecule has 0 radical (unpaired) electrons. The number of carbonyl (C=O) groups excluding carboxylic acids is 1. The smallest absolute Gasteiger partial charge is 0.230 e. The van der Waals surface area contributed by atoms with Crippen LogP contribution in [0, 0.1) is 5.41 Å². The Balaban J connectivity index is 0.00000324. The van der Waals surface area contributed by atoms with Crippen LogP contribution in [0.4, 0.5) is 0 Å². The highest BCUT2D eigenvalue weighted by molar-refractivity contribution is 5.85. The lowest BCUT2D eigenvalue weighted by atomic mass is 9.78. The zero-order valence-electron chi connectivity index (χ0n) is 12.1. The van der Waals surface area contributed by atoms with Crippen molar-refractivity contribution >= 4 is 18.3 Å². The molecule has 0 saturated carbocycles. The van der Waals surface area contributed by atoms with E-state index in [1.54, 1.807) is 18.9 Å². The fourth-order valence-corrected chi connectivity index (χ4v) is 2.49. The van der Waals surface area contributed by atoms with E-state index in [4.69, 9.17) is 4.74 Å². The summed E-state index contributed by atoms with van der Waals surface area (Å²) in [6.45, 7) is 4.54. The summed E-state index contributed by atoms with van der Waals surface area (Å²) >= 11 is 0. The molecule has 1 aliphatic rings. The average molecular weight is 295 g/mol. The number of piperidine rings is 1. The summed E-state index contributed by atoms with van der Waals surface area (Å²) in [5.74, 6) is 0.145. The number of aliphatic hydroxyl groups excluding tert-OH is 1. The van der Waals surface area contributed by atoms with Crippen LogP contribution in [0.15, 0.2) is 0 Å². The van der Waals surface area contributed by atoms with E-state index in [9.17, 15) is 9.90 Å². The van der Waals surface area contributed by atoms with Crippen molar-refractivity contribution in [1.82, 2.24) is 10.2 Å². The van der Waals surface area contributed by atoms with Gasteiger partial charge in [0.25, 0.3) is 0 Å². The Morgan fingerprint density at radius 3 is 2.53 bits per heavy atom. The second-order valence-corrected chi connectivity index (χ2v) is 5.33. The summed E-state index contributed by atoms with van der Waals surface area (Å²) in [4.78, 5) is 14.3. The molecule has 0 bridgehead atoms. The predicted molar refractivity (Wildman–Crippen MR) is 77.6 cm³/mol. The van der Waals surface area contributed by atoms with E-state index < -0.39 is 0 Å². The summed E-state index contributed by atoms with van der Waals surface area (Å²) < 4.78 is 5.26. The molecular formula is C13H27ClN2O3. The highest BCUT2D eigenvalue weighted by Gasteiger charge is 2.41. The largest absolute Gasteiger partial charge is 0.393 e. The molecule has 6 heteroatoms. The summed E-state index contributed by atoms with van der Waals surface area (Å²) in [5, 5.41) is 12.6. The van der Waals surface area contributed by atoms with E-state index in [1.165, 1.54) is 0 Å². The van der Waals surface area contributed by atoms with Crippen molar-refractivity contribution in [3.8, 4) is 0 Å². The average Bonchev–Trinajstić information content (AvgIpc) is 2.36.